The summed E-state index contributed by atoms with van der Waals surface area (Å²) < 4.78 is 30.0. The lowest BCUT2D eigenvalue weighted by Crippen LogP contribution is -2.49. The van der Waals surface area contributed by atoms with Gasteiger partial charge in [-0.1, -0.05) is 24.3 Å². The number of rotatable bonds is 6. The van der Waals surface area contributed by atoms with Gasteiger partial charge in [0.05, 0.1) is 12.2 Å². The Morgan fingerprint density at radius 1 is 0.970 bits per heavy atom. The normalized spacial score (nSPS) is 14.0. The van der Waals surface area contributed by atoms with Crippen molar-refractivity contribution in [3.8, 4) is 6.07 Å². The third-order valence-corrected chi connectivity index (χ3v) is 6.58. The third-order valence-electron chi connectivity index (χ3n) is 5.26. The van der Waals surface area contributed by atoms with Crippen LogP contribution in [0.5, 0.6) is 0 Å². The zero-order chi connectivity index (χ0) is 23.3. The first kappa shape index (κ1) is 22.4. The van der Waals surface area contributed by atoms with Gasteiger partial charge >= 0.3 is 0 Å². The minimum atomic E-state index is -4.09. The molecule has 1 aromatic heterocycles. The molecule has 0 radical (unpaired) electrons. The van der Waals surface area contributed by atoms with Gasteiger partial charge < -0.3 is 9.80 Å². The van der Waals surface area contributed by atoms with E-state index in [4.69, 9.17) is 9.44 Å². The molecule has 0 spiro atoms. The minimum absolute atomic E-state index is 0.0253. The van der Waals surface area contributed by atoms with Crippen LogP contribution in [0.4, 0.5) is 5.95 Å². The maximum absolute atomic E-state index is 12.8. The lowest BCUT2D eigenvalue weighted by molar-refractivity contribution is 0.0746. The molecule has 10 heteroatoms. The number of nitrogens with zero attached hydrogens (tertiary/aromatic N) is 5. The predicted molar refractivity (Wildman–Crippen MR) is 120 cm³/mol. The second kappa shape index (κ2) is 9.77. The van der Waals surface area contributed by atoms with Crippen LogP contribution in [0.2, 0.25) is 0 Å². The van der Waals surface area contributed by atoms with Crippen molar-refractivity contribution < 1.29 is 17.4 Å². The van der Waals surface area contributed by atoms with E-state index < -0.39 is 10.1 Å². The Bertz CT molecular complexity index is 1270. The van der Waals surface area contributed by atoms with Crippen LogP contribution in [0, 0.1) is 11.3 Å². The largest absolute Gasteiger partial charge is 0.337 e. The zero-order valence-electron chi connectivity index (χ0n) is 17.7. The van der Waals surface area contributed by atoms with Gasteiger partial charge in [-0.15, -0.1) is 0 Å². The van der Waals surface area contributed by atoms with Crippen molar-refractivity contribution in [1.29, 1.82) is 5.26 Å². The Labute approximate surface area is 192 Å². The summed E-state index contributed by atoms with van der Waals surface area (Å²) in [7, 11) is -4.09. The molecule has 0 atom stereocenters. The maximum atomic E-state index is 12.8. The molecule has 0 N–H and O–H groups in total. The summed E-state index contributed by atoms with van der Waals surface area (Å²) in [6.45, 7) is 2.19. The fraction of sp³-hybridized carbons (Fsp3) is 0.217. The number of nitriles is 1. The van der Waals surface area contributed by atoms with Gasteiger partial charge in [-0.2, -0.15) is 13.7 Å². The topological polar surface area (TPSA) is 116 Å². The van der Waals surface area contributed by atoms with E-state index in [0.29, 0.717) is 43.3 Å². The highest BCUT2D eigenvalue weighted by Crippen LogP contribution is 2.19. The number of benzene rings is 2. The van der Waals surface area contributed by atoms with E-state index in [0.717, 1.165) is 0 Å². The van der Waals surface area contributed by atoms with Gasteiger partial charge in [0.15, 0.2) is 0 Å². The molecule has 3 aromatic rings. The smallest absolute Gasteiger partial charge is 0.298 e. The lowest BCUT2D eigenvalue weighted by atomic mass is 10.1. The van der Waals surface area contributed by atoms with Gasteiger partial charge in [0.25, 0.3) is 16.0 Å². The molecule has 4 rings (SSSR count). The second-order valence-corrected chi connectivity index (χ2v) is 8.93. The number of carbonyl (C=O) groups excluding carboxylic acids is 1. The molecule has 0 unspecified atom stereocenters. The lowest BCUT2D eigenvalue weighted by Gasteiger charge is -2.34. The molecule has 2 aromatic carbocycles. The molecule has 168 valence electrons. The molecule has 0 saturated carbocycles. The number of anilines is 1. The van der Waals surface area contributed by atoms with Crippen LogP contribution in [0.1, 0.15) is 21.5 Å². The highest BCUT2D eigenvalue weighted by Gasteiger charge is 2.24. The van der Waals surface area contributed by atoms with Crippen LogP contribution < -0.4 is 4.90 Å². The van der Waals surface area contributed by atoms with Crippen molar-refractivity contribution in [3.05, 3.63) is 83.7 Å². The summed E-state index contributed by atoms with van der Waals surface area (Å²) in [6.07, 6.45) is 3.39. The zero-order valence-corrected chi connectivity index (χ0v) is 18.5. The van der Waals surface area contributed by atoms with Crippen molar-refractivity contribution in [2.75, 3.05) is 31.1 Å². The van der Waals surface area contributed by atoms with Crippen LogP contribution in [0.15, 0.2) is 71.9 Å². The van der Waals surface area contributed by atoms with Crippen molar-refractivity contribution in [2.45, 2.75) is 11.5 Å². The van der Waals surface area contributed by atoms with Gasteiger partial charge in [-0.3, -0.25) is 8.98 Å². The van der Waals surface area contributed by atoms with E-state index >= 15 is 0 Å². The van der Waals surface area contributed by atoms with E-state index in [-0.39, 0.29) is 23.0 Å². The van der Waals surface area contributed by atoms with Crippen LogP contribution in [-0.4, -0.2) is 55.4 Å². The van der Waals surface area contributed by atoms with Crippen LogP contribution in [0.25, 0.3) is 0 Å². The molecule has 1 aliphatic heterocycles. The predicted octanol–water partition coefficient (Wildman–Crippen LogP) is 2.22. The fourth-order valence-corrected chi connectivity index (χ4v) is 4.52. The molecule has 1 aliphatic rings. The average Bonchev–Trinajstić information content (AvgIpc) is 2.88. The Morgan fingerprint density at radius 3 is 2.30 bits per heavy atom. The maximum Gasteiger partial charge on any atom is 0.298 e. The van der Waals surface area contributed by atoms with E-state index in [2.05, 4.69) is 9.97 Å². The molecule has 0 aliphatic carbocycles. The van der Waals surface area contributed by atoms with Gasteiger partial charge in [0.1, 0.15) is 11.0 Å². The number of amides is 1. The van der Waals surface area contributed by atoms with E-state index in [9.17, 15) is 13.2 Å². The Morgan fingerprint density at radius 2 is 1.64 bits per heavy atom. The fourth-order valence-electron chi connectivity index (χ4n) is 3.48. The molecule has 33 heavy (non-hydrogen) atoms. The monoisotopic (exact) mass is 463 g/mol. The summed E-state index contributed by atoms with van der Waals surface area (Å²) >= 11 is 0. The number of hydrogen-bond donors (Lipinski definition) is 0. The average molecular weight is 464 g/mol. The van der Waals surface area contributed by atoms with Crippen molar-refractivity contribution >= 4 is 22.0 Å². The second-order valence-electron chi connectivity index (χ2n) is 7.35. The Hall–Kier alpha value is -3.81. The van der Waals surface area contributed by atoms with Crippen LogP contribution in [-0.2, 0) is 20.9 Å². The minimum Gasteiger partial charge on any atom is -0.337 e. The van der Waals surface area contributed by atoms with Crippen LogP contribution in [0.3, 0.4) is 0 Å². The molecular weight excluding hydrogens is 442 g/mol. The van der Waals surface area contributed by atoms with Crippen molar-refractivity contribution in [2.24, 2.45) is 0 Å². The SMILES string of the molecule is N#Cc1ccccc1S(=O)(=O)OCc1ccc(C(=O)N2CCN(c3ncccn3)CC2)cc1. The number of aromatic nitrogens is 2. The number of carbonyl (C=O) groups is 1. The first-order valence-electron chi connectivity index (χ1n) is 10.3. The Balaban J connectivity index is 1.35. The highest BCUT2D eigenvalue weighted by molar-refractivity contribution is 7.86. The molecular formula is C23H21N5O4S. The summed E-state index contributed by atoms with van der Waals surface area (Å²) in [5.74, 6) is 0.563. The van der Waals surface area contributed by atoms with E-state index in [1.54, 1.807) is 53.7 Å². The molecule has 1 amide bonds. The van der Waals surface area contributed by atoms with Crippen molar-refractivity contribution in [3.63, 3.8) is 0 Å². The quantitative estimate of drug-likeness (QED) is 0.511. The van der Waals surface area contributed by atoms with Gasteiger partial charge in [-0.25, -0.2) is 9.97 Å². The first-order valence-corrected chi connectivity index (χ1v) is 11.7. The number of hydrogen-bond acceptors (Lipinski definition) is 8. The molecule has 1 fully saturated rings. The van der Waals surface area contributed by atoms with Gasteiger partial charge in [0, 0.05) is 44.1 Å². The van der Waals surface area contributed by atoms with E-state index in [1.165, 1.54) is 18.2 Å². The summed E-state index contributed by atoms with van der Waals surface area (Å²) in [6, 6.07) is 16.1. The van der Waals surface area contributed by atoms with Crippen molar-refractivity contribution in [1.82, 2.24) is 14.9 Å². The molecule has 2 heterocycles. The Kier molecular flexibility index (Phi) is 6.63. The first-order chi connectivity index (χ1) is 16.0. The standard InChI is InChI=1S/C23H21N5O4S/c24-16-20-4-1-2-5-21(20)33(30,31)32-17-18-6-8-19(9-7-18)22(29)27-12-14-28(15-13-27)23-25-10-3-11-26-23/h1-11H,12-15,17H2. The number of piperazine rings is 1. The van der Waals surface area contributed by atoms with Crippen LogP contribution >= 0.6 is 0 Å². The van der Waals surface area contributed by atoms with E-state index in [1.807, 2.05) is 11.0 Å². The summed E-state index contributed by atoms with van der Waals surface area (Å²) in [5, 5.41) is 9.11. The van der Waals surface area contributed by atoms with Gasteiger partial charge in [-0.05, 0) is 35.9 Å². The summed E-state index contributed by atoms with van der Waals surface area (Å²) in [4.78, 5) is 25.0. The highest BCUT2D eigenvalue weighted by atomic mass is 32.2. The third kappa shape index (κ3) is 5.16. The summed E-state index contributed by atoms with van der Waals surface area (Å²) in [5.41, 5.74) is 1.13. The molecule has 0 bridgehead atoms. The molecule has 9 nitrogen and oxygen atoms in total. The van der Waals surface area contributed by atoms with Gasteiger partial charge in [0.2, 0.25) is 5.95 Å². The molecule has 1 saturated heterocycles.